The SMILES string of the molecule is CCN(CC)c1ccc(CNC(=O)[C@@H](C)N(c2ccc(OC)c(Cl)c2)S(C)(=O)=O)cc1. The molecule has 0 fully saturated rings. The Morgan fingerprint density at radius 2 is 1.68 bits per heavy atom. The van der Waals surface area contributed by atoms with Gasteiger partial charge >= 0.3 is 0 Å². The van der Waals surface area contributed by atoms with E-state index >= 15 is 0 Å². The zero-order valence-corrected chi connectivity index (χ0v) is 20.1. The summed E-state index contributed by atoms with van der Waals surface area (Å²) in [5.41, 5.74) is 2.34. The lowest BCUT2D eigenvalue weighted by atomic mass is 10.2. The molecule has 2 aromatic rings. The van der Waals surface area contributed by atoms with Crippen molar-refractivity contribution < 1.29 is 17.9 Å². The minimum Gasteiger partial charge on any atom is -0.495 e. The Hall–Kier alpha value is -2.45. The molecular formula is C22H30ClN3O4S. The van der Waals surface area contributed by atoms with E-state index in [1.807, 2.05) is 24.3 Å². The molecule has 0 radical (unpaired) electrons. The second-order valence-electron chi connectivity index (χ2n) is 7.11. The summed E-state index contributed by atoms with van der Waals surface area (Å²) >= 11 is 6.15. The van der Waals surface area contributed by atoms with Crippen LogP contribution in [0.5, 0.6) is 5.75 Å². The first kappa shape index (κ1) is 24.8. The number of anilines is 2. The molecule has 9 heteroatoms. The molecule has 0 heterocycles. The maximum atomic E-state index is 12.8. The van der Waals surface area contributed by atoms with Gasteiger partial charge in [-0.05, 0) is 56.7 Å². The number of ether oxygens (including phenoxy) is 1. The molecule has 0 bridgehead atoms. The van der Waals surface area contributed by atoms with E-state index in [0.29, 0.717) is 18.0 Å². The van der Waals surface area contributed by atoms with E-state index in [1.165, 1.54) is 20.1 Å². The first-order valence-corrected chi connectivity index (χ1v) is 12.3. The molecule has 1 N–H and O–H groups in total. The van der Waals surface area contributed by atoms with Crippen LogP contribution in [0.3, 0.4) is 0 Å². The Morgan fingerprint density at radius 3 is 2.16 bits per heavy atom. The van der Waals surface area contributed by atoms with Crippen LogP contribution in [-0.4, -0.2) is 46.8 Å². The maximum absolute atomic E-state index is 12.8. The number of hydrogen-bond donors (Lipinski definition) is 1. The van der Waals surface area contributed by atoms with Gasteiger partial charge in [0.25, 0.3) is 0 Å². The molecule has 0 aliphatic carbocycles. The average molecular weight is 468 g/mol. The topological polar surface area (TPSA) is 79.0 Å². The van der Waals surface area contributed by atoms with Crippen LogP contribution in [0.15, 0.2) is 42.5 Å². The summed E-state index contributed by atoms with van der Waals surface area (Å²) in [6.45, 7) is 7.87. The van der Waals surface area contributed by atoms with E-state index in [4.69, 9.17) is 16.3 Å². The number of methoxy groups -OCH3 is 1. The van der Waals surface area contributed by atoms with Gasteiger partial charge in [0.15, 0.2) is 0 Å². The van der Waals surface area contributed by atoms with Crippen molar-refractivity contribution in [1.29, 1.82) is 0 Å². The normalized spacial score (nSPS) is 12.2. The number of hydrogen-bond acceptors (Lipinski definition) is 5. The van der Waals surface area contributed by atoms with Crippen LogP contribution in [0.4, 0.5) is 11.4 Å². The number of halogens is 1. The number of sulfonamides is 1. The van der Waals surface area contributed by atoms with Gasteiger partial charge in [-0.1, -0.05) is 23.7 Å². The third-order valence-electron chi connectivity index (χ3n) is 5.01. The van der Waals surface area contributed by atoms with Crippen LogP contribution in [-0.2, 0) is 21.4 Å². The highest BCUT2D eigenvalue weighted by atomic mass is 35.5. The summed E-state index contributed by atoms with van der Waals surface area (Å²) in [5, 5.41) is 3.08. The van der Waals surface area contributed by atoms with Crippen molar-refractivity contribution >= 4 is 38.9 Å². The van der Waals surface area contributed by atoms with Gasteiger partial charge < -0.3 is 15.0 Å². The lowest BCUT2D eigenvalue weighted by Crippen LogP contribution is -2.47. The predicted octanol–water partition coefficient (Wildman–Crippen LogP) is 3.67. The number of benzene rings is 2. The molecule has 0 aliphatic heterocycles. The maximum Gasteiger partial charge on any atom is 0.243 e. The van der Waals surface area contributed by atoms with Gasteiger partial charge in [0.1, 0.15) is 11.8 Å². The molecule has 1 amide bonds. The highest BCUT2D eigenvalue weighted by molar-refractivity contribution is 7.92. The summed E-state index contributed by atoms with van der Waals surface area (Å²) in [6, 6.07) is 11.6. The van der Waals surface area contributed by atoms with E-state index in [0.717, 1.165) is 34.9 Å². The van der Waals surface area contributed by atoms with Gasteiger partial charge in [-0.3, -0.25) is 9.10 Å². The Kier molecular flexibility index (Phi) is 8.59. The van der Waals surface area contributed by atoms with Gasteiger partial charge in [0.05, 0.1) is 24.1 Å². The molecule has 0 saturated carbocycles. The third-order valence-corrected chi connectivity index (χ3v) is 6.55. The second-order valence-corrected chi connectivity index (χ2v) is 9.38. The molecule has 0 spiro atoms. The molecule has 0 aromatic heterocycles. The molecule has 31 heavy (non-hydrogen) atoms. The summed E-state index contributed by atoms with van der Waals surface area (Å²) in [4.78, 5) is 15.0. The molecule has 2 aromatic carbocycles. The highest BCUT2D eigenvalue weighted by Crippen LogP contribution is 2.31. The van der Waals surface area contributed by atoms with Crippen molar-refractivity contribution in [2.45, 2.75) is 33.4 Å². The molecular weight excluding hydrogens is 438 g/mol. The second kappa shape index (κ2) is 10.7. The number of carbonyl (C=O) groups excluding carboxylic acids is 1. The Labute approximate surface area is 190 Å². The summed E-state index contributed by atoms with van der Waals surface area (Å²) in [6.07, 6.45) is 1.06. The van der Waals surface area contributed by atoms with E-state index < -0.39 is 22.0 Å². The number of nitrogens with zero attached hydrogens (tertiary/aromatic N) is 2. The Morgan fingerprint density at radius 1 is 1.10 bits per heavy atom. The summed E-state index contributed by atoms with van der Waals surface area (Å²) < 4.78 is 31.1. The van der Waals surface area contributed by atoms with Crippen LogP contribution < -0.4 is 19.3 Å². The monoisotopic (exact) mass is 467 g/mol. The molecule has 0 aliphatic rings. The minimum absolute atomic E-state index is 0.259. The van der Waals surface area contributed by atoms with Gasteiger partial charge in [-0.15, -0.1) is 0 Å². The first-order chi connectivity index (χ1) is 14.6. The van der Waals surface area contributed by atoms with Crippen LogP contribution in [0.25, 0.3) is 0 Å². The smallest absolute Gasteiger partial charge is 0.243 e. The van der Waals surface area contributed by atoms with Crippen molar-refractivity contribution in [2.75, 3.05) is 35.7 Å². The Balaban J connectivity index is 2.14. The van der Waals surface area contributed by atoms with Gasteiger partial charge in [-0.2, -0.15) is 0 Å². The standard InChI is InChI=1S/C22H30ClN3O4S/c1-6-25(7-2)18-10-8-17(9-11-18)15-24-22(27)16(3)26(31(5,28)29)19-12-13-21(30-4)20(23)14-19/h8-14,16H,6-7,15H2,1-5H3,(H,24,27)/t16-/m1/s1. The zero-order chi connectivity index (χ0) is 23.2. The van der Waals surface area contributed by atoms with E-state index in [1.54, 1.807) is 12.1 Å². The van der Waals surface area contributed by atoms with Crippen LogP contribution >= 0.6 is 11.6 Å². The van der Waals surface area contributed by atoms with Gasteiger partial charge in [-0.25, -0.2) is 8.42 Å². The van der Waals surface area contributed by atoms with Crippen molar-refractivity contribution in [3.63, 3.8) is 0 Å². The number of nitrogens with one attached hydrogen (secondary N) is 1. The number of rotatable bonds is 10. The minimum atomic E-state index is -3.74. The average Bonchev–Trinajstić information content (AvgIpc) is 2.73. The largest absolute Gasteiger partial charge is 0.495 e. The van der Waals surface area contributed by atoms with Crippen molar-refractivity contribution in [3.05, 3.63) is 53.1 Å². The molecule has 7 nitrogen and oxygen atoms in total. The molecule has 170 valence electrons. The van der Waals surface area contributed by atoms with Crippen molar-refractivity contribution in [3.8, 4) is 5.75 Å². The molecule has 2 rings (SSSR count). The fourth-order valence-electron chi connectivity index (χ4n) is 3.35. The zero-order valence-electron chi connectivity index (χ0n) is 18.6. The molecule has 0 unspecified atom stereocenters. The Bertz CT molecular complexity index is 992. The lowest BCUT2D eigenvalue weighted by Gasteiger charge is -2.28. The van der Waals surface area contributed by atoms with Gasteiger partial charge in [0.2, 0.25) is 15.9 Å². The highest BCUT2D eigenvalue weighted by Gasteiger charge is 2.29. The lowest BCUT2D eigenvalue weighted by molar-refractivity contribution is -0.122. The van der Waals surface area contributed by atoms with E-state index in [2.05, 4.69) is 24.1 Å². The predicted molar refractivity (Wildman–Crippen MR) is 127 cm³/mol. The van der Waals surface area contributed by atoms with Crippen LogP contribution in [0, 0.1) is 0 Å². The van der Waals surface area contributed by atoms with Crippen LogP contribution in [0.2, 0.25) is 5.02 Å². The fourth-order valence-corrected chi connectivity index (χ4v) is 4.77. The fraction of sp³-hybridized carbons (Fsp3) is 0.409. The molecule has 0 saturated heterocycles. The third kappa shape index (κ3) is 6.27. The summed E-state index contributed by atoms with van der Waals surface area (Å²) in [7, 11) is -2.26. The number of amides is 1. The van der Waals surface area contributed by atoms with Crippen molar-refractivity contribution in [1.82, 2.24) is 5.32 Å². The van der Waals surface area contributed by atoms with E-state index in [9.17, 15) is 13.2 Å². The van der Waals surface area contributed by atoms with Gasteiger partial charge in [0, 0.05) is 25.3 Å². The van der Waals surface area contributed by atoms with E-state index in [-0.39, 0.29) is 5.02 Å². The first-order valence-electron chi connectivity index (χ1n) is 10.1. The molecule has 1 atom stereocenters. The van der Waals surface area contributed by atoms with Crippen LogP contribution in [0.1, 0.15) is 26.3 Å². The van der Waals surface area contributed by atoms with Crippen molar-refractivity contribution in [2.24, 2.45) is 0 Å². The quantitative estimate of drug-likeness (QED) is 0.576. The number of carbonyl (C=O) groups is 1. The summed E-state index contributed by atoms with van der Waals surface area (Å²) in [5.74, 6) is 0.00863.